The number of hydrogen-bond donors (Lipinski definition) is 1. The zero-order valence-corrected chi connectivity index (χ0v) is 12.8. The van der Waals surface area contributed by atoms with Crippen LogP contribution >= 0.6 is 0 Å². The summed E-state index contributed by atoms with van der Waals surface area (Å²) < 4.78 is 6.99. The van der Waals surface area contributed by atoms with Crippen LogP contribution in [0.25, 0.3) is 0 Å². The highest BCUT2D eigenvalue weighted by atomic mass is 16.5. The molecule has 118 valence electrons. The van der Waals surface area contributed by atoms with Crippen molar-refractivity contribution in [3.63, 3.8) is 0 Å². The molecule has 0 bridgehead atoms. The number of rotatable bonds is 6. The largest absolute Gasteiger partial charge is 0.456 e. The van der Waals surface area contributed by atoms with Crippen LogP contribution in [0, 0.1) is 13.8 Å². The van der Waals surface area contributed by atoms with Gasteiger partial charge in [-0.3, -0.25) is 9.59 Å². The molecule has 0 spiro atoms. The molecule has 1 amide bonds. The fourth-order valence-corrected chi connectivity index (χ4v) is 2.60. The van der Waals surface area contributed by atoms with Gasteiger partial charge in [-0.1, -0.05) is 6.08 Å². The van der Waals surface area contributed by atoms with Crippen molar-refractivity contribution < 1.29 is 19.1 Å². The molecule has 2 rings (SSSR count). The van der Waals surface area contributed by atoms with E-state index in [1.807, 2.05) is 18.4 Å². The second kappa shape index (κ2) is 6.60. The van der Waals surface area contributed by atoms with E-state index >= 15 is 0 Å². The zero-order chi connectivity index (χ0) is 16.3. The normalized spacial score (nSPS) is 17.2. The van der Waals surface area contributed by atoms with Crippen molar-refractivity contribution >= 4 is 17.7 Å². The quantitative estimate of drug-likeness (QED) is 0.488. The molecule has 1 N–H and O–H groups in total. The molecule has 0 unspecified atom stereocenters. The van der Waals surface area contributed by atoms with E-state index in [0.29, 0.717) is 24.9 Å². The monoisotopic (exact) mass is 304 g/mol. The van der Waals surface area contributed by atoms with Gasteiger partial charge in [-0.05, 0) is 26.3 Å². The Balaban J connectivity index is 1.98. The van der Waals surface area contributed by atoms with Gasteiger partial charge in [-0.25, -0.2) is 4.79 Å². The second-order valence-corrected chi connectivity index (χ2v) is 5.37. The van der Waals surface area contributed by atoms with Crippen molar-refractivity contribution in [1.82, 2.24) is 9.88 Å². The van der Waals surface area contributed by atoms with Crippen LogP contribution in [0.2, 0.25) is 0 Å². The van der Waals surface area contributed by atoms with Gasteiger partial charge in [0.1, 0.15) is 6.04 Å². The molecule has 1 fully saturated rings. The molecule has 1 atom stereocenters. The molecule has 22 heavy (non-hydrogen) atoms. The molecule has 6 nitrogen and oxygen atoms in total. The van der Waals surface area contributed by atoms with Gasteiger partial charge in [-0.2, -0.15) is 0 Å². The lowest BCUT2D eigenvalue weighted by molar-refractivity contribution is -0.145. The van der Waals surface area contributed by atoms with Crippen LogP contribution in [0.15, 0.2) is 18.7 Å². The summed E-state index contributed by atoms with van der Waals surface area (Å²) in [4.78, 5) is 35.1. The summed E-state index contributed by atoms with van der Waals surface area (Å²) in [5.41, 5.74) is 2.32. The summed E-state index contributed by atoms with van der Waals surface area (Å²) in [5.74, 6) is -0.971. The summed E-state index contributed by atoms with van der Waals surface area (Å²) in [5, 5.41) is 2.52. The maximum Gasteiger partial charge on any atom is 0.329 e. The Kier molecular flexibility index (Phi) is 4.80. The maximum absolute atomic E-state index is 12.2. The first-order chi connectivity index (χ1) is 10.4. The summed E-state index contributed by atoms with van der Waals surface area (Å²) in [6.07, 6.45) is 2.49. The van der Waals surface area contributed by atoms with Crippen molar-refractivity contribution in [2.24, 2.45) is 0 Å². The van der Waals surface area contributed by atoms with Gasteiger partial charge in [0.2, 0.25) is 11.7 Å². The lowest BCUT2D eigenvalue weighted by Crippen LogP contribution is -2.35. The molecule has 6 heteroatoms. The van der Waals surface area contributed by atoms with E-state index in [1.54, 1.807) is 12.1 Å². The molecule has 2 heterocycles. The fraction of sp³-hybridized carbons (Fsp3) is 0.438. The van der Waals surface area contributed by atoms with Gasteiger partial charge in [0.25, 0.3) is 0 Å². The fourth-order valence-electron chi connectivity index (χ4n) is 2.60. The summed E-state index contributed by atoms with van der Waals surface area (Å²) >= 11 is 0. The van der Waals surface area contributed by atoms with E-state index in [2.05, 4.69) is 11.9 Å². The molecule has 0 radical (unpaired) electrons. The van der Waals surface area contributed by atoms with Crippen LogP contribution < -0.4 is 5.32 Å². The minimum absolute atomic E-state index is 0.166. The van der Waals surface area contributed by atoms with Crippen molar-refractivity contribution in [2.75, 3.05) is 6.61 Å². The standard InChI is InChI=1S/C16H20N2O4/c1-4-7-18-10(2)8-12(11(18)3)14(19)9-22-16(21)13-5-6-15(20)17-13/h4,8,13H,1,5-7,9H2,2-3H3,(H,17,20)/t13-/m1/s1. The number of ether oxygens (including phenoxy) is 1. The third-order valence-electron chi connectivity index (χ3n) is 3.81. The van der Waals surface area contributed by atoms with Gasteiger partial charge in [-0.15, -0.1) is 6.58 Å². The molecular weight excluding hydrogens is 284 g/mol. The Bertz CT molecular complexity index is 630. The smallest absolute Gasteiger partial charge is 0.329 e. The predicted molar refractivity (Wildman–Crippen MR) is 80.6 cm³/mol. The minimum Gasteiger partial charge on any atom is -0.456 e. The number of aryl methyl sites for hydroxylation is 1. The number of nitrogens with zero attached hydrogens (tertiary/aromatic N) is 1. The van der Waals surface area contributed by atoms with E-state index < -0.39 is 12.0 Å². The third-order valence-corrected chi connectivity index (χ3v) is 3.81. The first-order valence-electron chi connectivity index (χ1n) is 7.21. The number of esters is 1. The van der Waals surface area contributed by atoms with Gasteiger partial charge in [0, 0.05) is 29.9 Å². The lowest BCUT2D eigenvalue weighted by atomic mass is 10.1. The number of amides is 1. The number of allylic oxidation sites excluding steroid dienone is 1. The van der Waals surface area contributed by atoms with E-state index in [9.17, 15) is 14.4 Å². The predicted octanol–water partition coefficient (Wildman–Crippen LogP) is 1.30. The van der Waals surface area contributed by atoms with Crippen LogP contribution in [0.1, 0.15) is 34.6 Å². The summed E-state index contributed by atoms with van der Waals surface area (Å²) in [6.45, 7) is 7.76. The number of aromatic nitrogens is 1. The first kappa shape index (κ1) is 16.0. The molecule has 1 saturated heterocycles. The summed E-state index contributed by atoms with van der Waals surface area (Å²) in [7, 11) is 0. The van der Waals surface area contributed by atoms with E-state index in [4.69, 9.17) is 4.74 Å². The molecule has 1 aromatic heterocycles. The zero-order valence-electron chi connectivity index (χ0n) is 12.8. The SMILES string of the molecule is C=CCn1c(C)cc(C(=O)COC(=O)[C@H]2CCC(=O)N2)c1C. The van der Waals surface area contributed by atoms with E-state index in [1.165, 1.54) is 0 Å². The lowest BCUT2D eigenvalue weighted by Gasteiger charge is -2.10. The van der Waals surface area contributed by atoms with Crippen molar-refractivity contribution in [3.8, 4) is 0 Å². The Hall–Kier alpha value is -2.37. The van der Waals surface area contributed by atoms with E-state index in [0.717, 1.165) is 11.4 Å². The third kappa shape index (κ3) is 3.27. The molecular formula is C16H20N2O4. The van der Waals surface area contributed by atoms with Crippen LogP contribution in [0.5, 0.6) is 0 Å². The first-order valence-corrected chi connectivity index (χ1v) is 7.21. The molecule has 0 aromatic carbocycles. The average Bonchev–Trinajstić information content (AvgIpc) is 3.03. The molecule has 0 saturated carbocycles. The van der Waals surface area contributed by atoms with Crippen molar-refractivity contribution in [1.29, 1.82) is 0 Å². The van der Waals surface area contributed by atoms with Crippen LogP contribution in [0.4, 0.5) is 0 Å². The number of nitrogens with one attached hydrogen (secondary N) is 1. The molecule has 1 aromatic rings. The second-order valence-electron chi connectivity index (χ2n) is 5.37. The van der Waals surface area contributed by atoms with Gasteiger partial charge < -0.3 is 14.6 Å². The number of hydrogen-bond acceptors (Lipinski definition) is 4. The van der Waals surface area contributed by atoms with E-state index in [-0.39, 0.29) is 18.3 Å². The van der Waals surface area contributed by atoms with Crippen LogP contribution in [-0.2, 0) is 20.9 Å². The highest BCUT2D eigenvalue weighted by Gasteiger charge is 2.29. The molecule has 0 aliphatic carbocycles. The summed E-state index contributed by atoms with van der Waals surface area (Å²) in [6, 6.07) is 1.15. The van der Waals surface area contributed by atoms with Crippen molar-refractivity contribution in [3.05, 3.63) is 35.7 Å². The number of ketones is 1. The van der Waals surface area contributed by atoms with Gasteiger partial charge >= 0.3 is 5.97 Å². The Labute approximate surface area is 129 Å². The van der Waals surface area contributed by atoms with Gasteiger partial charge in [0.15, 0.2) is 6.61 Å². The Morgan fingerprint density at radius 3 is 2.82 bits per heavy atom. The average molecular weight is 304 g/mol. The molecule has 1 aliphatic heterocycles. The number of carbonyl (C=O) groups is 3. The van der Waals surface area contributed by atoms with Crippen LogP contribution in [0.3, 0.4) is 0 Å². The Morgan fingerprint density at radius 2 is 2.23 bits per heavy atom. The highest BCUT2D eigenvalue weighted by Crippen LogP contribution is 2.16. The number of Topliss-reactive ketones (excluding diaryl/α,β-unsaturated/α-hetero) is 1. The molecule has 1 aliphatic rings. The topological polar surface area (TPSA) is 77.4 Å². The maximum atomic E-state index is 12.2. The van der Waals surface area contributed by atoms with Gasteiger partial charge in [0.05, 0.1) is 0 Å². The van der Waals surface area contributed by atoms with Crippen molar-refractivity contribution in [2.45, 2.75) is 39.3 Å². The highest BCUT2D eigenvalue weighted by molar-refractivity contribution is 5.99. The Morgan fingerprint density at radius 1 is 1.50 bits per heavy atom. The minimum atomic E-state index is -0.631. The number of carbonyl (C=O) groups excluding carboxylic acids is 3. The van der Waals surface area contributed by atoms with Crippen LogP contribution in [-0.4, -0.2) is 34.9 Å².